The SMILES string of the molecule is CCC(=O)NCCOCCOCCOCc1cn(CCCCCN(c2cc(C)c(Nc3nc4ccccc4s3)nn2)c2ccc(-c3cnn(CC45CC6(OCCN(C)C)C[C@](C)(C4)C[C@](C)(C5)C6)c3C)c(C(=O)O)n2)nn1. The Labute approximate surface area is 455 Å². The molecule has 4 bridgehead atoms. The molecule has 0 saturated heterocycles. The molecule has 77 heavy (non-hydrogen) atoms. The Hall–Kier alpha value is -5.97. The minimum absolute atomic E-state index is 0.00879. The van der Waals surface area contributed by atoms with Gasteiger partial charge in [-0.05, 0) is 138 Å². The number of hydrogen-bond donors (Lipinski definition) is 3. The van der Waals surface area contributed by atoms with Crippen LogP contribution in [0.25, 0.3) is 21.3 Å². The number of ether oxygens (including phenoxy) is 4. The molecule has 3 N–H and O–H groups in total. The van der Waals surface area contributed by atoms with Crippen LogP contribution in [-0.2, 0) is 43.4 Å². The Morgan fingerprint density at radius 3 is 2.32 bits per heavy atom. The summed E-state index contributed by atoms with van der Waals surface area (Å²) < 4.78 is 28.7. The smallest absolute Gasteiger partial charge is 0.355 e. The van der Waals surface area contributed by atoms with Gasteiger partial charge in [0.05, 0.1) is 74.5 Å². The third-order valence-electron chi connectivity index (χ3n) is 15.3. The van der Waals surface area contributed by atoms with Crippen molar-refractivity contribution in [1.29, 1.82) is 0 Å². The van der Waals surface area contributed by atoms with E-state index < -0.39 is 5.97 Å². The van der Waals surface area contributed by atoms with Gasteiger partial charge in [0.1, 0.15) is 11.5 Å². The van der Waals surface area contributed by atoms with E-state index in [4.69, 9.17) is 39.1 Å². The average molecular weight is 1080 g/mol. The number of nitrogens with zero attached hydrogens (tertiary/aromatic N) is 11. The molecule has 4 aliphatic rings. The van der Waals surface area contributed by atoms with Crippen LogP contribution in [0.15, 0.2) is 54.9 Å². The fourth-order valence-corrected chi connectivity index (χ4v) is 14.0. The zero-order valence-electron chi connectivity index (χ0n) is 46.0. The van der Waals surface area contributed by atoms with Gasteiger partial charge in [-0.25, -0.2) is 14.8 Å². The zero-order chi connectivity index (χ0) is 54.2. The van der Waals surface area contributed by atoms with Gasteiger partial charge in [-0.2, -0.15) is 5.10 Å². The Kier molecular flexibility index (Phi) is 17.6. The molecular formula is C56H77N13O7S. The first kappa shape index (κ1) is 55.8. The minimum atomic E-state index is -1.12. The fraction of sp³-hybridized carbons (Fsp3) is 0.589. The number of hydrogen-bond acceptors (Lipinski definition) is 17. The molecule has 2 unspecified atom stereocenters. The number of amides is 1. The number of unbranched alkanes of at least 4 members (excludes halogenated alkanes) is 2. The fourth-order valence-electron chi connectivity index (χ4n) is 13.1. The van der Waals surface area contributed by atoms with Crippen LogP contribution in [0.4, 0.5) is 22.6 Å². The van der Waals surface area contributed by atoms with Gasteiger partial charge in [-0.1, -0.05) is 49.5 Å². The molecule has 4 atom stereocenters. The van der Waals surface area contributed by atoms with Crippen LogP contribution in [0.1, 0.15) is 112 Å². The van der Waals surface area contributed by atoms with Crippen molar-refractivity contribution >= 4 is 56.0 Å². The number of thiazole rings is 1. The van der Waals surface area contributed by atoms with Gasteiger partial charge in [0, 0.05) is 56.0 Å². The summed E-state index contributed by atoms with van der Waals surface area (Å²) in [4.78, 5) is 38.4. The number of nitrogens with one attached hydrogen (secondary N) is 2. The number of carboxylic acids is 1. The van der Waals surface area contributed by atoms with Crippen molar-refractivity contribution in [1.82, 2.24) is 55.2 Å². The number of para-hydroxylation sites is 1. The highest BCUT2D eigenvalue weighted by molar-refractivity contribution is 7.22. The Bertz CT molecular complexity index is 2920. The van der Waals surface area contributed by atoms with Crippen LogP contribution in [0.3, 0.4) is 0 Å². The first-order chi connectivity index (χ1) is 37.0. The van der Waals surface area contributed by atoms with Crippen LogP contribution < -0.4 is 15.5 Å². The van der Waals surface area contributed by atoms with E-state index in [2.05, 4.69) is 70.5 Å². The lowest BCUT2D eigenvalue weighted by Gasteiger charge is -2.69. The predicted octanol–water partition coefficient (Wildman–Crippen LogP) is 8.78. The highest BCUT2D eigenvalue weighted by Gasteiger charge is 2.66. The van der Waals surface area contributed by atoms with E-state index in [1.165, 1.54) is 6.42 Å². The molecular weight excluding hydrogens is 999 g/mol. The maximum absolute atomic E-state index is 13.3. The Morgan fingerprint density at radius 1 is 0.818 bits per heavy atom. The first-order valence-electron chi connectivity index (χ1n) is 27.2. The molecule has 6 aromatic rings. The number of aromatic carboxylic acids is 1. The van der Waals surface area contributed by atoms with Crippen LogP contribution in [0, 0.1) is 30.1 Å². The normalized spacial score (nSPS) is 21.6. The van der Waals surface area contributed by atoms with Gasteiger partial charge in [-0.15, -0.1) is 15.3 Å². The molecule has 5 heterocycles. The van der Waals surface area contributed by atoms with Crippen LogP contribution in [0.2, 0.25) is 0 Å². The predicted molar refractivity (Wildman–Crippen MR) is 296 cm³/mol. The molecule has 21 heteroatoms. The lowest BCUT2D eigenvalue weighted by Crippen LogP contribution is -2.64. The molecule has 4 fully saturated rings. The van der Waals surface area contributed by atoms with E-state index in [9.17, 15) is 14.7 Å². The van der Waals surface area contributed by atoms with Crippen LogP contribution in [0.5, 0.6) is 0 Å². The van der Waals surface area contributed by atoms with Crippen LogP contribution >= 0.6 is 11.3 Å². The highest BCUT2D eigenvalue weighted by Crippen LogP contribution is 2.72. The second-order valence-corrected chi connectivity index (χ2v) is 23.7. The van der Waals surface area contributed by atoms with Crippen molar-refractivity contribution in [3.05, 3.63) is 77.5 Å². The van der Waals surface area contributed by atoms with Crippen molar-refractivity contribution < 1.29 is 33.6 Å². The summed E-state index contributed by atoms with van der Waals surface area (Å²) in [6.45, 7) is 17.3. The number of carbonyl (C=O) groups is 2. The van der Waals surface area contributed by atoms with Crippen molar-refractivity contribution in [3.8, 4) is 11.1 Å². The van der Waals surface area contributed by atoms with Crippen LogP contribution in [-0.4, -0.2) is 146 Å². The molecule has 5 aromatic heterocycles. The van der Waals surface area contributed by atoms with Gasteiger partial charge >= 0.3 is 5.97 Å². The maximum atomic E-state index is 13.3. The summed E-state index contributed by atoms with van der Waals surface area (Å²) in [5.41, 5.74) is 4.94. The second kappa shape index (κ2) is 24.4. The maximum Gasteiger partial charge on any atom is 0.355 e. The summed E-state index contributed by atoms with van der Waals surface area (Å²) in [6.07, 6.45) is 13.3. The number of pyridine rings is 1. The number of aryl methyl sites for hydroxylation is 2. The first-order valence-corrected chi connectivity index (χ1v) is 28.0. The summed E-state index contributed by atoms with van der Waals surface area (Å²) >= 11 is 1.55. The minimum Gasteiger partial charge on any atom is -0.476 e. The Morgan fingerprint density at radius 2 is 1.58 bits per heavy atom. The molecule has 1 amide bonds. The molecule has 414 valence electrons. The highest BCUT2D eigenvalue weighted by atomic mass is 32.1. The van der Waals surface area contributed by atoms with E-state index in [0.717, 1.165) is 104 Å². The molecule has 20 nitrogen and oxygen atoms in total. The molecule has 0 radical (unpaired) electrons. The Balaban J connectivity index is 0.858. The van der Waals surface area contributed by atoms with Gasteiger partial charge in [0.15, 0.2) is 22.5 Å². The average Bonchev–Trinajstić information content (AvgIpc) is 4.19. The number of carboxylic acid groups (broad SMARTS) is 1. The molecule has 4 saturated carbocycles. The number of carbonyl (C=O) groups excluding carboxylic acids is 1. The van der Waals surface area contributed by atoms with E-state index in [-0.39, 0.29) is 33.4 Å². The quantitative estimate of drug-likeness (QED) is 0.0359. The number of anilines is 4. The molecule has 1 aromatic carbocycles. The largest absolute Gasteiger partial charge is 0.476 e. The number of likely N-dealkylation sites (N-methyl/N-ethyl adjacent to an activating group) is 1. The zero-order valence-corrected chi connectivity index (χ0v) is 46.8. The standard InChI is InChI=1S/C56H77N13O7S/c1-8-48(70)57-18-22-73-24-25-74-26-27-75-31-41-30-67(65-62-41)19-12-9-13-20-68(47-28-39(2)50(64-63-47)61-52-59-44-14-10-11-15-45(44)77-52)46-17-16-42(49(60-46)51(71)72)43-29-58-69(40(43)3)38-55-33-53(4)32-54(5,34-55)36-56(35-53,37-55)76-23-21-66(6)7/h10-11,14-17,28-30H,8-9,12-13,18-27,31-38H2,1-7H3,(H,57,70)(H,71,72)(H,59,61,64)/t53-,54+,55?,56?. The molecule has 0 spiro atoms. The van der Waals surface area contributed by atoms with E-state index in [0.29, 0.717) is 93.8 Å². The van der Waals surface area contributed by atoms with Gasteiger partial charge in [0.25, 0.3) is 0 Å². The van der Waals surface area contributed by atoms with E-state index >= 15 is 0 Å². The molecule has 0 aliphatic heterocycles. The van der Waals surface area contributed by atoms with Crippen molar-refractivity contribution in [2.24, 2.45) is 16.2 Å². The number of rotatable bonds is 30. The lowest BCUT2D eigenvalue weighted by atomic mass is 9.39. The number of aromatic nitrogens is 9. The third-order valence-corrected chi connectivity index (χ3v) is 16.3. The van der Waals surface area contributed by atoms with Gasteiger partial charge in [-0.3, -0.25) is 14.2 Å². The summed E-state index contributed by atoms with van der Waals surface area (Å²) in [7, 11) is 4.19. The van der Waals surface area contributed by atoms with Crippen molar-refractivity contribution in [3.63, 3.8) is 0 Å². The van der Waals surface area contributed by atoms with Crippen molar-refractivity contribution in [2.75, 3.05) is 83.6 Å². The second-order valence-electron chi connectivity index (χ2n) is 22.7. The topological polar surface area (TPSA) is 222 Å². The lowest BCUT2D eigenvalue weighted by molar-refractivity contribution is -0.248. The van der Waals surface area contributed by atoms with E-state index in [1.54, 1.807) is 11.3 Å². The molecule has 10 rings (SSSR count). The number of benzene rings is 1. The van der Waals surface area contributed by atoms with Gasteiger partial charge in [0.2, 0.25) is 5.91 Å². The monoisotopic (exact) mass is 1080 g/mol. The third kappa shape index (κ3) is 13.8. The summed E-state index contributed by atoms with van der Waals surface area (Å²) in [6, 6.07) is 13.7. The summed E-state index contributed by atoms with van der Waals surface area (Å²) in [5.74, 6) is 0.477. The van der Waals surface area contributed by atoms with Crippen molar-refractivity contribution in [2.45, 2.75) is 124 Å². The summed E-state index contributed by atoms with van der Waals surface area (Å²) in [5, 5.41) is 40.6. The molecule has 4 aliphatic carbocycles. The van der Waals surface area contributed by atoms with Gasteiger partial charge < -0.3 is 44.5 Å². The number of fused-ring (bicyclic) bond motifs is 1. The van der Waals surface area contributed by atoms with E-state index in [1.807, 2.05) is 78.3 Å².